The highest BCUT2D eigenvalue weighted by Crippen LogP contribution is 2.26. The molecule has 0 radical (unpaired) electrons. The molecule has 3 aromatic rings. The Bertz CT molecular complexity index is 1460. The van der Waals surface area contributed by atoms with E-state index in [1.807, 2.05) is 67.6 Å². The fraction of sp³-hybridized carbons (Fsp3) is 0.394. The van der Waals surface area contributed by atoms with Crippen LogP contribution in [0.5, 0.6) is 0 Å². The summed E-state index contributed by atoms with van der Waals surface area (Å²) in [5, 5.41) is 3.68. The number of halogens is 1. The third-order valence-electron chi connectivity index (χ3n) is 7.84. The molecule has 0 spiro atoms. The smallest absolute Gasteiger partial charge is 0.244 e. The second kappa shape index (κ2) is 14.7. The molecule has 0 aromatic heterocycles. The Morgan fingerprint density at radius 1 is 0.905 bits per heavy atom. The summed E-state index contributed by atoms with van der Waals surface area (Å²) in [6, 6.07) is 23.1. The molecule has 0 saturated heterocycles. The molecular weight excluding hydrogens is 570 g/mol. The molecule has 3 aromatic carbocycles. The normalized spacial score (nSPS) is 14.6. The van der Waals surface area contributed by atoms with Crippen molar-refractivity contribution in [2.24, 2.45) is 0 Å². The van der Waals surface area contributed by atoms with E-state index >= 15 is 0 Å². The predicted octanol–water partition coefficient (Wildman–Crippen LogP) is 5.76. The van der Waals surface area contributed by atoms with Gasteiger partial charge in [-0.05, 0) is 48.1 Å². The van der Waals surface area contributed by atoms with Gasteiger partial charge in [0, 0.05) is 24.0 Å². The molecular formula is C33H40ClN3O4S. The lowest BCUT2D eigenvalue weighted by Crippen LogP contribution is -2.55. The number of para-hydroxylation sites is 1. The van der Waals surface area contributed by atoms with Crippen molar-refractivity contribution < 1.29 is 18.0 Å². The van der Waals surface area contributed by atoms with Gasteiger partial charge < -0.3 is 10.2 Å². The van der Waals surface area contributed by atoms with Gasteiger partial charge in [0.05, 0.1) is 11.9 Å². The minimum Gasteiger partial charge on any atom is -0.352 e. The van der Waals surface area contributed by atoms with Crippen LogP contribution in [0.15, 0.2) is 78.9 Å². The largest absolute Gasteiger partial charge is 0.352 e. The van der Waals surface area contributed by atoms with E-state index in [2.05, 4.69) is 5.32 Å². The summed E-state index contributed by atoms with van der Waals surface area (Å²) < 4.78 is 27.3. The summed E-state index contributed by atoms with van der Waals surface area (Å²) in [4.78, 5) is 29.8. The van der Waals surface area contributed by atoms with Crippen molar-refractivity contribution in [3.8, 4) is 0 Å². The summed E-state index contributed by atoms with van der Waals surface area (Å²) in [6.45, 7) is 1.56. The van der Waals surface area contributed by atoms with Gasteiger partial charge in [-0.2, -0.15) is 0 Å². The standard InChI is InChI=1S/C33H40ClN3O4S/c1-3-26-16-11-13-21-30(26)37(42(2,40)41)24-32(38)36(23-27-17-10-12-20-29(27)34)31(22-25-14-6-4-7-15-25)33(39)35-28-18-8-5-9-19-28/h4,6-7,10-17,20-21,28,31H,3,5,8-9,18-19,22-24H2,1-2H3,(H,35,39)/t31-/m1/s1. The molecule has 0 heterocycles. The number of aryl methyl sites for hydroxylation is 1. The average molecular weight is 610 g/mol. The van der Waals surface area contributed by atoms with Crippen molar-refractivity contribution in [1.29, 1.82) is 0 Å². The first-order valence-electron chi connectivity index (χ1n) is 14.6. The number of hydrogen-bond acceptors (Lipinski definition) is 4. The van der Waals surface area contributed by atoms with E-state index in [9.17, 15) is 18.0 Å². The van der Waals surface area contributed by atoms with Crippen LogP contribution < -0.4 is 9.62 Å². The molecule has 0 bridgehead atoms. The Balaban J connectivity index is 1.75. The number of nitrogens with one attached hydrogen (secondary N) is 1. The molecule has 1 atom stereocenters. The van der Waals surface area contributed by atoms with Gasteiger partial charge in [0.1, 0.15) is 12.6 Å². The van der Waals surface area contributed by atoms with Crippen molar-refractivity contribution in [3.05, 3.63) is 101 Å². The van der Waals surface area contributed by atoms with Crippen LogP contribution >= 0.6 is 11.6 Å². The van der Waals surface area contributed by atoms with Crippen molar-refractivity contribution in [2.75, 3.05) is 17.1 Å². The van der Waals surface area contributed by atoms with E-state index in [0.29, 0.717) is 22.7 Å². The Morgan fingerprint density at radius 2 is 1.52 bits per heavy atom. The van der Waals surface area contributed by atoms with Crippen LogP contribution in [0.3, 0.4) is 0 Å². The number of amides is 2. The van der Waals surface area contributed by atoms with Crippen LogP contribution in [0, 0.1) is 0 Å². The number of hydrogen-bond donors (Lipinski definition) is 1. The average Bonchev–Trinajstić information content (AvgIpc) is 2.99. The summed E-state index contributed by atoms with van der Waals surface area (Å²) in [5.74, 6) is -0.725. The van der Waals surface area contributed by atoms with E-state index in [-0.39, 0.29) is 24.9 Å². The molecule has 224 valence electrons. The zero-order valence-corrected chi connectivity index (χ0v) is 25.9. The van der Waals surface area contributed by atoms with Crippen molar-refractivity contribution >= 4 is 39.1 Å². The second-order valence-corrected chi connectivity index (χ2v) is 13.2. The van der Waals surface area contributed by atoms with Crippen LogP contribution in [0.25, 0.3) is 0 Å². The fourth-order valence-corrected chi connectivity index (χ4v) is 6.63. The SMILES string of the molecule is CCc1ccccc1N(CC(=O)N(Cc1ccccc1Cl)[C@H](Cc1ccccc1)C(=O)NC1CCCCC1)S(C)(=O)=O. The van der Waals surface area contributed by atoms with E-state index in [4.69, 9.17) is 11.6 Å². The Labute approximate surface area is 254 Å². The zero-order valence-electron chi connectivity index (χ0n) is 24.3. The quantitative estimate of drug-likeness (QED) is 0.283. The first-order chi connectivity index (χ1) is 20.2. The number of anilines is 1. The summed E-state index contributed by atoms with van der Waals surface area (Å²) in [5.41, 5.74) is 2.84. The highest BCUT2D eigenvalue weighted by Gasteiger charge is 2.34. The van der Waals surface area contributed by atoms with Crippen LogP contribution in [-0.2, 0) is 39.0 Å². The van der Waals surface area contributed by atoms with Gasteiger partial charge in [0.2, 0.25) is 21.8 Å². The molecule has 1 aliphatic rings. The number of sulfonamides is 1. The van der Waals surface area contributed by atoms with Gasteiger partial charge in [0.15, 0.2) is 0 Å². The molecule has 1 saturated carbocycles. The topological polar surface area (TPSA) is 86.8 Å². The maximum absolute atomic E-state index is 14.3. The minimum absolute atomic E-state index is 0.0470. The Kier molecular flexibility index (Phi) is 11.0. The molecule has 1 N–H and O–H groups in total. The third-order valence-corrected chi connectivity index (χ3v) is 9.34. The van der Waals surface area contributed by atoms with Gasteiger partial charge in [0.25, 0.3) is 0 Å². The van der Waals surface area contributed by atoms with Gasteiger partial charge in [-0.1, -0.05) is 105 Å². The molecule has 1 aliphatic carbocycles. The van der Waals surface area contributed by atoms with Gasteiger partial charge in [-0.25, -0.2) is 8.42 Å². The lowest BCUT2D eigenvalue weighted by Gasteiger charge is -2.35. The van der Waals surface area contributed by atoms with E-state index in [1.54, 1.807) is 18.2 Å². The number of rotatable bonds is 12. The summed E-state index contributed by atoms with van der Waals surface area (Å²) in [6.07, 6.45) is 7.03. The van der Waals surface area contributed by atoms with E-state index in [0.717, 1.165) is 53.8 Å². The maximum Gasteiger partial charge on any atom is 0.244 e. The molecule has 9 heteroatoms. The van der Waals surface area contributed by atoms with E-state index in [1.165, 1.54) is 4.90 Å². The first kappa shape index (κ1) is 31.6. The lowest BCUT2D eigenvalue weighted by molar-refractivity contribution is -0.140. The monoisotopic (exact) mass is 609 g/mol. The van der Waals surface area contributed by atoms with Crippen LogP contribution in [0.2, 0.25) is 5.02 Å². The van der Waals surface area contributed by atoms with E-state index < -0.39 is 28.5 Å². The predicted molar refractivity (Wildman–Crippen MR) is 169 cm³/mol. The number of carbonyl (C=O) groups is 2. The molecule has 0 unspecified atom stereocenters. The Morgan fingerprint density at radius 3 is 2.17 bits per heavy atom. The molecule has 7 nitrogen and oxygen atoms in total. The minimum atomic E-state index is -3.83. The number of benzene rings is 3. The van der Waals surface area contributed by atoms with Crippen molar-refractivity contribution in [2.45, 2.75) is 70.5 Å². The maximum atomic E-state index is 14.3. The Hall–Kier alpha value is -3.36. The highest BCUT2D eigenvalue weighted by molar-refractivity contribution is 7.92. The summed E-state index contributed by atoms with van der Waals surface area (Å²) in [7, 11) is -3.83. The molecule has 2 amide bonds. The molecule has 42 heavy (non-hydrogen) atoms. The van der Waals surface area contributed by atoms with Crippen LogP contribution in [-0.4, -0.2) is 50.0 Å². The van der Waals surface area contributed by atoms with Gasteiger partial charge in [-0.3, -0.25) is 13.9 Å². The third kappa shape index (κ3) is 8.35. The van der Waals surface area contributed by atoms with Gasteiger partial charge >= 0.3 is 0 Å². The number of nitrogens with zero attached hydrogens (tertiary/aromatic N) is 2. The molecule has 0 aliphatic heterocycles. The molecule has 1 fully saturated rings. The van der Waals surface area contributed by atoms with Crippen molar-refractivity contribution in [1.82, 2.24) is 10.2 Å². The number of carbonyl (C=O) groups excluding carboxylic acids is 2. The highest BCUT2D eigenvalue weighted by atomic mass is 35.5. The second-order valence-electron chi connectivity index (χ2n) is 10.9. The van der Waals surface area contributed by atoms with Gasteiger partial charge in [-0.15, -0.1) is 0 Å². The van der Waals surface area contributed by atoms with Crippen molar-refractivity contribution in [3.63, 3.8) is 0 Å². The van der Waals surface area contributed by atoms with Crippen LogP contribution in [0.4, 0.5) is 5.69 Å². The lowest BCUT2D eigenvalue weighted by atomic mass is 9.94. The molecule has 4 rings (SSSR count). The first-order valence-corrected chi connectivity index (χ1v) is 16.8. The zero-order chi connectivity index (χ0) is 30.1. The van der Waals surface area contributed by atoms with Crippen LogP contribution in [0.1, 0.15) is 55.7 Å². The summed E-state index contributed by atoms with van der Waals surface area (Å²) >= 11 is 6.54. The fourth-order valence-electron chi connectivity index (χ4n) is 5.56.